The van der Waals surface area contributed by atoms with Crippen molar-refractivity contribution in [3.05, 3.63) is 0 Å². The van der Waals surface area contributed by atoms with E-state index < -0.39 is 32.9 Å². The van der Waals surface area contributed by atoms with E-state index in [0.29, 0.717) is 5.75 Å². The lowest BCUT2D eigenvalue weighted by Crippen LogP contribution is -2.33. The average Bonchev–Trinajstić information content (AvgIpc) is 2.13. The summed E-state index contributed by atoms with van der Waals surface area (Å²) in [4.78, 5) is 22.4. The zero-order valence-corrected chi connectivity index (χ0v) is 10.6. The maximum absolute atomic E-state index is 11.2. The minimum atomic E-state index is -4.61. The Bertz CT molecular complexity index is 348. The number of esters is 1. The van der Waals surface area contributed by atoms with Gasteiger partial charge in [-0.3, -0.25) is 14.1 Å². The van der Waals surface area contributed by atoms with Crippen LogP contribution in [0.4, 0.5) is 0 Å². The van der Waals surface area contributed by atoms with Gasteiger partial charge in [-0.05, 0) is 12.7 Å². The van der Waals surface area contributed by atoms with Crippen molar-refractivity contribution in [1.29, 1.82) is 0 Å². The quantitative estimate of drug-likeness (QED) is 0.553. The van der Waals surface area contributed by atoms with Gasteiger partial charge in [0.15, 0.2) is 10.4 Å². The lowest BCUT2D eigenvalue weighted by Gasteiger charge is -2.11. The van der Waals surface area contributed by atoms with Crippen molar-refractivity contribution >= 4 is 33.0 Å². The molecular weight excluding hydrogens is 256 g/mol. The summed E-state index contributed by atoms with van der Waals surface area (Å²) in [5, 5.41) is -2.29. The van der Waals surface area contributed by atoms with Crippen molar-refractivity contribution in [3.63, 3.8) is 0 Å². The average molecular weight is 270 g/mol. The molecule has 0 fully saturated rings. The molecular formula is C8H14O6S2. The highest BCUT2D eigenvalue weighted by molar-refractivity contribution is 8.13. The fourth-order valence-corrected chi connectivity index (χ4v) is 2.30. The Morgan fingerprint density at radius 1 is 1.38 bits per heavy atom. The lowest BCUT2D eigenvalue weighted by atomic mass is 10.3. The van der Waals surface area contributed by atoms with E-state index in [9.17, 15) is 18.0 Å². The van der Waals surface area contributed by atoms with Gasteiger partial charge in [-0.25, -0.2) is 0 Å². The van der Waals surface area contributed by atoms with Crippen molar-refractivity contribution in [3.8, 4) is 0 Å². The first kappa shape index (κ1) is 15.4. The normalized spacial score (nSPS) is 13.2. The Morgan fingerprint density at radius 2 is 1.94 bits per heavy atom. The molecule has 0 aromatic carbocycles. The van der Waals surface area contributed by atoms with Crippen LogP contribution in [0, 0.1) is 0 Å². The van der Waals surface area contributed by atoms with Crippen molar-refractivity contribution in [2.75, 3.05) is 12.4 Å². The number of hydrogen-bond acceptors (Lipinski definition) is 6. The second kappa shape index (κ2) is 6.87. The molecule has 8 heteroatoms. The van der Waals surface area contributed by atoms with E-state index >= 15 is 0 Å². The second-order valence-electron chi connectivity index (χ2n) is 2.76. The molecule has 1 unspecified atom stereocenters. The SMILES string of the molecule is CCOC(=O)C(CC(=O)SCC)S(=O)(=O)O. The molecule has 0 aliphatic heterocycles. The number of ether oxygens (including phenoxy) is 1. The van der Waals surface area contributed by atoms with Gasteiger partial charge in [0.05, 0.1) is 6.61 Å². The van der Waals surface area contributed by atoms with Crippen LogP contribution in [0.25, 0.3) is 0 Å². The fourth-order valence-electron chi connectivity index (χ4n) is 0.917. The van der Waals surface area contributed by atoms with Gasteiger partial charge in [0, 0.05) is 6.42 Å². The predicted molar refractivity (Wildman–Crippen MR) is 59.7 cm³/mol. The van der Waals surface area contributed by atoms with Crippen LogP contribution < -0.4 is 0 Å². The summed E-state index contributed by atoms with van der Waals surface area (Å²) in [6.45, 7) is 3.21. The van der Waals surface area contributed by atoms with E-state index in [4.69, 9.17) is 4.55 Å². The molecule has 0 rings (SSSR count). The Morgan fingerprint density at radius 3 is 2.31 bits per heavy atom. The van der Waals surface area contributed by atoms with Gasteiger partial charge in [0.2, 0.25) is 0 Å². The van der Waals surface area contributed by atoms with Crippen LogP contribution in [0.2, 0.25) is 0 Å². The molecule has 0 saturated heterocycles. The van der Waals surface area contributed by atoms with Crippen molar-refractivity contribution in [2.24, 2.45) is 0 Å². The zero-order valence-electron chi connectivity index (χ0n) is 9.00. The van der Waals surface area contributed by atoms with E-state index in [2.05, 4.69) is 4.74 Å². The Hall–Kier alpha value is -0.600. The maximum atomic E-state index is 11.2. The topological polar surface area (TPSA) is 97.7 Å². The van der Waals surface area contributed by atoms with Gasteiger partial charge in [-0.1, -0.05) is 18.7 Å². The van der Waals surface area contributed by atoms with Crippen LogP contribution >= 0.6 is 11.8 Å². The van der Waals surface area contributed by atoms with E-state index in [0.717, 1.165) is 11.8 Å². The highest BCUT2D eigenvalue weighted by atomic mass is 32.2. The summed E-state index contributed by atoms with van der Waals surface area (Å²) in [6.07, 6.45) is -0.573. The van der Waals surface area contributed by atoms with Crippen molar-refractivity contribution < 1.29 is 27.3 Å². The monoisotopic (exact) mass is 270 g/mol. The van der Waals surface area contributed by atoms with Crippen LogP contribution in [0.3, 0.4) is 0 Å². The number of hydrogen-bond donors (Lipinski definition) is 1. The van der Waals surface area contributed by atoms with Gasteiger partial charge < -0.3 is 4.74 Å². The van der Waals surface area contributed by atoms with E-state index in [1.807, 2.05) is 0 Å². The van der Waals surface area contributed by atoms with Gasteiger partial charge >= 0.3 is 5.97 Å². The molecule has 1 N–H and O–H groups in total. The summed E-state index contributed by atoms with van der Waals surface area (Å²) < 4.78 is 35.0. The molecule has 0 aliphatic carbocycles. The Kier molecular flexibility index (Phi) is 6.61. The second-order valence-corrected chi connectivity index (χ2v) is 5.69. The molecule has 16 heavy (non-hydrogen) atoms. The highest BCUT2D eigenvalue weighted by Gasteiger charge is 2.34. The van der Waals surface area contributed by atoms with Gasteiger partial charge in [-0.15, -0.1) is 0 Å². The van der Waals surface area contributed by atoms with E-state index in [1.165, 1.54) is 6.92 Å². The molecule has 0 aromatic heterocycles. The third kappa shape index (κ3) is 5.47. The van der Waals surface area contributed by atoms with Crippen molar-refractivity contribution in [1.82, 2.24) is 0 Å². The summed E-state index contributed by atoms with van der Waals surface area (Å²) in [5.74, 6) is -0.630. The third-order valence-electron chi connectivity index (χ3n) is 1.57. The summed E-state index contributed by atoms with van der Waals surface area (Å²) in [6, 6.07) is 0. The van der Waals surface area contributed by atoms with Crippen LogP contribution in [-0.2, 0) is 24.4 Å². The molecule has 0 saturated carbocycles. The minimum Gasteiger partial charge on any atom is -0.465 e. The van der Waals surface area contributed by atoms with Crippen LogP contribution in [0.15, 0.2) is 0 Å². The maximum Gasteiger partial charge on any atom is 0.327 e. The number of thioether (sulfide) groups is 1. The molecule has 0 spiro atoms. The predicted octanol–water partition coefficient (Wildman–Crippen LogP) is 0.476. The first-order valence-electron chi connectivity index (χ1n) is 4.61. The largest absolute Gasteiger partial charge is 0.465 e. The molecule has 94 valence electrons. The molecule has 0 bridgehead atoms. The van der Waals surface area contributed by atoms with E-state index in [-0.39, 0.29) is 6.61 Å². The summed E-state index contributed by atoms with van der Waals surface area (Å²) >= 11 is 0.889. The first-order chi connectivity index (χ1) is 7.32. The molecule has 0 aliphatic rings. The Balaban J connectivity index is 4.71. The lowest BCUT2D eigenvalue weighted by molar-refractivity contribution is -0.143. The van der Waals surface area contributed by atoms with Gasteiger partial charge in [-0.2, -0.15) is 8.42 Å². The van der Waals surface area contributed by atoms with Gasteiger partial charge in [0.1, 0.15) is 0 Å². The summed E-state index contributed by atoms with van der Waals surface area (Å²) in [5.41, 5.74) is 0. The molecule has 0 heterocycles. The Labute approximate surface area is 98.5 Å². The molecule has 1 atom stereocenters. The van der Waals surface area contributed by atoms with Crippen LogP contribution in [0.1, 0.15) is 20.3 Å². The number of carbonyl (C=O) groups excluding carboxylic acids is 2. The van der Waals surface area contributed by atoms with Gasteiger partial charge in [0.25, 0.3) is 10.1 Å². The molecule has 0 amide bonds. The third-order valence-corrected chi connectivity index (χ3v) is 3.42. The summed E-state index contributed by atoms with van der Waals surface area (Å²) in [7, 11) is -4.61. The standard InChI is InChI=1S/C8H14O6S2/c1-3-14-8(10)6(16(11,12)13)5-7(9)15-4-2/h6H,3-5H2,1-2H3,(H,11,12,13). The van der Waals surface area contributed by atoms with Crippen LogP contribution in [-0.4, -0.2) is 41.7 Å². The minimum absolute atomic E-state index is 0.0139. The smallest absolute Gasteiger partial charge is 0.327 e. The molecule has 0 radical (unpaired) electrons. The van der Waals surface area contributed by atoms with Crippen molar-refractivity contribution in [2.45, 2.75) is 25.5 Å². The fraction of sp³-hybridized carbons (Fsp3) is 0.750. The molecule has 0 aromatic rings. The number of carbonyl (C=O) groups is 2. The molecule has 6 nitrogen and oxygen atoms in total. The van der Waals surface area contributed by atoms with E-state index in [1.54, 1.807) is 6.92 Å². The highest BCUT2D eigenvalue weighted by Crippen LogP contribution is 2.13. The first-order valence-corrected chi connectivity index (χ1v) is 7.10. The van der Waals surface area contributed by atoms with Crippen LogP contribution in [0.5, 0.6) is 0 Å². The zero-order chi connectivity index (χ0) is 12.8. The number of rotatable bonds is 6.